The monoisotopic (exact) mass is 571 g/mol. The van der Waals surface area contributed by atoms with Crippen LogP contribution in [0.4, 0.5) is 5.69 Å². The lowest BCUT2D eigenvalue weighted by molar-refractivity contribution is -0.146. The molecule has 40 heavy (non-hydrogen) atoms. The average Bonchev–Trinajstić information content (AvgIpc) is 3.27. The summed E-state index contributed by atoms with van der Waals surface area (Å²) in [6.45, 7) is 6.20. The van der Waals surface area contributed by atoms with Crippen LogP contribution in [0, 0.1) is 0 Å². The number of hydrogen-bond donors (Lipinski definition) is 2. The zero-order valence-corrected chi connectivity index (χ0v) is 23.7. The molecular weight excluding hydrogens is 534 g/mol. The quantitative estimate of drug-likeness (QED) is 0.230. The second-order valence-electron chi connectivity index (χ2n) is 9.03. The number of nitrogens with one attached hydrogen (secondary N) is 2. The number of nitrogens with zero attached hydrogens (tertiary/aromatic N) is 1. The van der Waals surface area contributed by atoms with Gasteiger partial charge < -0.3 is 29.6 Å². The van der Waals surface area contributed by atoms with Gasteiger partial charge in [0.25, 0.3) is 5.91 Å². The number of anilines is 1. The zero-order valence-electron chi connectivity index (χ0n) is 22.9. The Morgan fingerprint density at radius 1 is 0.800 bits per heavy atom. The number of rotatable bonds is 16. The van der Waals surface area contributed by atoms with Gasteiger partial charge in [-0.2, -0.15) is 0 Å². The minimum absolute atomic E-state index is 0.136. The average molecular weight is 572 g/mol. The second kappa shape index (κ2) is 17.4. The summed E-state index contributed by atoms with van der Waals surface area (Å²) in [5.74, 6) is -0.882. The summed E-state index contributed by atoms with van der Waals surface area (Å²) in [5.41, 5.74) is 1.74. The molecule has 2 aromatic rings. The molecule has 2 unspecified atom stereocenters. The van der Waals surface area contributed by atoms with E-state index >= 15 is 0 Å². The molecule has 0 spiro atoms. The van der Waals surface area contributed by atoms with Crippen LogP contribution in [0.15, 0.2) is 59.6 Å². The SMILES string of the molecule is CC1N=C(NC(=O)c2ccccc2NC(=O)CCOCCOCCOCCC(=O)OCc2ccccc2)SC1C. The summed E-state index contributed by atoms with van der Waals surface area (Å²) in [6, 6.07) is 16.5. The van der Waals surface area contributed by atoms with E-state index < -0.39 is 0 Å². The molecule has 2 amide bonds. The molecule has 216 valence electrons. The molecule has 3 rings (SSSR count). The van der Waals surface area contributed by atoms with Crippen LogP contribution >= 0.6 is 11.8 Å². The number of amidine groups is 1. The fourth-order valence-corrected chi connectivity index (χ4v) is 4.49. The largest absolute Gasteiger partial charge is 0.461 e. The Morgan fingerprint density at radius 2 is 1.43 bits per heavy atom. The van der Waals surface area contributed by atoms with Crippen LogP contribution in [0.1, 0.15) is 42.6 Å². The van der Waals surface area contributed by atoms with Crippen LogP contribution in [-0.2, 0) is 35.1 Å². The number of amides is 2. The molecule has 1 aliphatic rings. The number of hydrogen-bond acceptors (Lipinski definition) is 9. The van der Waals surface area contributed by atoms with Gasteiger partial charge in [-0.3, -0.25) is 19.4 Å². The molecule has 2 atom stereocenters. The number of para-hydroxylation sites is 1. The van der Waals surface area contributed by atoms with Crippen LogP contribution in [0.25, 0.3) is 0 Å². The van der Waals surface area contributed by atoms with Gasteiger partial charge in [-0.1, -0.05) is 61.2 Å². The number of carbonyl (C=O) groups excluding carboxylic acids is 3. The van der Waals surface area contributed by atoms with E-state index in [1.54, 1.807) is 24.3 Å². The number of aliphatic imine (C=N–C) groups is 1. The minimum atomic E-state index is -0.316. The summed E-state index contributed by atoms with van der Waals surface area (Å²) < 4.78 is 21.5. The molecule has 1 heterocycles. The topological polar surface area (TPSA) is 125 Å². The molecule has 2 N–H and O–H groups in total. The van der Waals surface area contributed by atoms with Crippen LogP contribution in [0.3, 0.4) is 0 Å². The first-order valence-electron chi connectivity index (χ1n) is 13.3. The van der Waals surface area contributed by atoms with Crippen LogP contribution in [0.2, 0.25) is 0 Å². The summed E-state index contributed by atoms with van der Waals surface area (Å²) in [6.07, 6.45) is 0.317. The molecule has 0 fully saturated rings. The highest BCUT2D eigenvalue weighted by Gasteiger charge is 2.24. The molecule has 10 nitrogen and oxygen atoms in total. The van der Waals surface area contributed by atoms with E-state index in [9.17, 15) is 14.4 Å². The molecule has 0 bridgehead atoms. The fraction of sp³-hybridized carbons (Fsp3) is 0.448. The van der Waals surface area contributed by atoms with E-state index in [4.69, 9.17) is 18.9 Å². The van der Waals surface area contributed by atoms with E-state index in [2.05, 4.69) is 22.5 Å². The second-order valence-corrected chi connectivity index (χ2v) is 10.4. The van der Waals surface area contributed by atoms with Gasteiger partial charge in [0, 0.05) is 5.25 Å². The van der Waals surface area contributed by atoms with Crippen LogP contribution < -0.4 is 10.6 Å². The molecule has 0 aromatic heterocycles. The molecule has 0 saturated heterocycles. The third-order valence-electron chi connectivity index (χ3n) is 5.87. The number of esters is 1. The van der Waals surface area contributed by atoms with Crippen molar-refractivity contribution in [1.82, 2.24) is 5.32 Å². The van der Waals surface area contributed by atoms with Gasteiger partial charge in [0.1, 0.15) is 6.61 Å². The predicted octanol–water partition coefficient (Wildman–Crippen LogP) is 3.81. The number of carbonyl (C=O) groups is 3. The van der Waals surface area contributed by atoms with Crippen molar-refractivity contribution < 1.29 is 33.3 Å². The van der Waals surface area contributed by atoms with Gasteiger partial charge in [-0.05, 0) is 24.6 Å². The van der Waals surface area contributed by atoms with Crippen molar-refractivity contribution in [2.75, 3.05) is 45.0 Å². The smallest absolute Gasteiger partial charge is 0.308 e. The molecule has 11 heteroatoms. The fourth-order valence-electron chi connectivity index (χ4n) is 3.50. The number of ether oxygens (including phenoxy) is 4. The Hall–Kier alpha value is -3.25. The summed E-state index contributed by atoms with van der Waals surface area (Å²) in [4.78, 5) is 41.3. The summed E-state index contributed by atoms with van der Waals surface area (Å²) in [7, 11) is 0. The van der Waals surface area contributed by atoms with Crippen molar-refractivity contribution in [3.8, 4) is 0 Å². The molecule has 2 aromatic carbocycles. The van der Waals surface area contributed by atoms with E-state index in [1.165, 1.54) is 11.8 Å². The Kier molecular flexibility index (Phi) is 13.6. The predicted molar refractivity (Wildman–Crippen MR) is 154 cm³/mol. The molecule has 0 aliphatic carbocycles. The highest BCUT2D eigenvalue weighted by atomic mass is 32.2. The zero-order chi connectivity index (χ0) is 28.6. The lowest BCUT2D eigenvalue weighted by Gasteiger charge is -2.11. The highest BCUT2D eigenvalue weighted by molar-refractivity contribution is 8.14. The third kappa shape index (κ3) is 11.5. The Labute approximate surface area is 239 Å². The maximum absolute atomic E-state index is 12.7. The lowest BCUT2D eigenvalue weighted by Crippen LogP contribution is -2.29. The first kappa shape index (κ1) is 31.3. The molecule has 0 saturated carbocycles. The van der Waals surface area contributed by atoms with Crippen molar-refractivity contribution in [3.05, 3.63) is 65.7 Å². The van der Waals surface area contributed by atoms with E-state index in [0.29, 0.717) is 48.1 Å². The van der Waals surface area contributed by atoms with Crippen LogP contribution in [0.5, 0.6) is 0 Å². The van der Waals surface area contributed by atoms with Crippen molar-refractivity contribution in [3.63, 3.8) is 0 Å². The normalized spacial score (nSPS) is 16.3. The van der Waals surface area contributed by atoms with Crippen molar-refractivity contribution in [2.45, 2.75) is 44.6 Å². The van der Waals surface area contributed by atoms with Gasteiger partial charge in [-0.15, -0.1) is 0 Å². The van der Waals surface area contributed by atoms with Gasteiger partial charge >= 0.3 is 5.97 Å². The Morgan fingerprint density at radius 3 is 2.10 bits per heavy atom. The van der Waals surface area contributed by atoms with E-state index in [-0.39, 0.29) is 56.5 Å². The van der Waals surface area contributed by atoms with Crippen molar-refractivity contribution in [2.24, 2.45) is 4.99 Å². The molecule has 0 radical (unpaired) electrons. The standard InChI is InChI=1S/C29H37N3O7S/c1-21-22(2)40-29(30-21)32-28(35)24-10-6-7-11-25(24)31-26(33)12-14-36-16-18-38-19-17-37-15-13-27(34)39-20-23-8-4-3-5-9-23/h3-11,21-22H,12-20H2,1-2H3,(H,31,33)(H,30,32,35). The number of benzene rings is 2. The maximum Gasteiger partial charge on any atom is 0.308 e. The van der Waals surface area contributed by atoms with E-state index in [1.807, 2.05) is 37.3 Å². The van der Waals surface area contributed by atoms with Crippen molar-refractivity contribution in [1.29, 1.82) is 0 Å². The Balaban J connectivity index is 1.19. The van der Waals surface area contributed by atoms with Gasteiger partial charge in [0.2, 0.25) is 5.91 Å². The van der Waals surface area contributed by atoms with Gasteiger partial charge in [0.15, 0.2) is 5.17 Å². The third-order valence-corrected chi connectivity index (χ3v) is 7.07. The van der Waals surface area contributed by atoms with Gasteiger partial charge in [-0.25, -0.2) is 0 Å². The van der Waals surface area contributed by atoms with E-state index in [0.717, 1.165) is 5.56 Å². The summed E-state index contributed by atoms with van der Waals surface area (Å²) >= 11 is 1.52. The molecular formula is C29H37N3O7S. The van der Waals surface area contributed by atoms with Crippen LogP contribution in [-0.4, -0.2) is 73.9 Å². The summed E-state index contributed by atoms with van der Waals surface area (Å²) in [5, 5.41) is 6.50. The maximum atomic E-state index is 12.7. The van der Waals surface area contributed by atoms with Gasteiger partial charge in [0.05, 0.1) is 69.8 Å². The Bertz CT molecular complexity index is 1130. The first-order valence-corrected chi connectivity index (χ1v) is 14.2. The number of thioether (sulfide) groups is 1. The molecule has 1 aliphatic heterocycles. The first-order chi connectivity index (χ1) is 19.4. The lowest BCUT2D eigenvalue weighted by atomic mass is 10.1. The highest BCUT2D eigenvalue weighted by Crippen LogP contribution is 2.25. The minimum Gasteiger partial charge on any atom is -0.461 e. The van der Waals surface area contributed by atoms with Crippen molar-refractivity contribution >= 4 is 40.4 Å².